The van der Waals surface area contributed by atoms with E-state index in [1.54, 1.807) is 6.07 Å². The van der Waals surface area contributed by atoms with E-state index in [0.29, 0.717) is 25.1 Å². The van der Waals surface area contributed by atoms with Gasteiger partial charge in [0.25, 0.3) is 5.91 Å². The van der Waals surface area contributed by atoms with Gasteiger partial charge in [-0.15, -0.1) is 10.2 Å². The summed E-state index contributed by atoms with van der Waals surface area (Å²) in [6, 6.07) is 11.6. The van der Waals surface area contributed by atoms with Gasteiger partial charge >= 0.3 is 0 Å². The zero-order valence-corrected chi connectivity index (χ0v) is 15.9. The highest BCUT2D eigenvalue weighted by Crippen LogP contribution is 2.28. The number of hydrogen-bond donors (Lipinski definition) is 1. The Morgan fingerprint density at radius 3 is 2.61 bits per heavy atom. The molecule has 0 spiro atoms. The van der Waals surface area contributed by atoms with E-state index in [-0.39, 0.29) is 11.8 Å². The van der Waals surface area contributed by atoms with Gasteiger partial charge in [-0.05, 0) is 49.4 Å². The maximum atomic E-state index is 12.5. The van der Waals surface area contributed by atoms with Gasteiger partial charge in [0.05, 0.1) is 0 Å². The number of anilines is 2. The molecule has 7 heteroatoms. The summed E-state index contributed by atoms with van der Waals surface area (Å²) < 4.78 is 0. The molecule has 1 aromatic heterocycles. The number of aromatic nitrogens is 2. The Hall–Kier alpha value is -2.96. The van der Waals surface area contributed by atoms with E-state index in [4.69, 9.17) is 0 Å². The lowest BCUT2D eigenvalue weighted by molar-refractivity contribution is -0.118. The van der Waals surface area contributed by atoms with E-state index in [2.05, 4.69) is 26.5 Å². The number of nitrogens with zero attached hydrogens (tertiary/aromatic N) is 4. The summed E-state index contributed by atoms with van der Waals surface area (Å²) in [5.74, 6) is 0.680. The maximum absolute atomic E-state index is 12.5. The second kappa shape index (κ2) is 8.37. The second-order valence-corrected chi connectivity index (χ2v) is 7.25. The van der Waals surface area contributed by atoms with Gasteiger partial charge < -0.3 is 15.1 Å². The molecule has 28 heavy (non-hydrogen) atoms. The van der Waals surface area contributed by atoms with Gasteiger partial charge in [0, 0.05) is 38.3 Å². The Labute approximate surface area is 164 Å². The van der Waals surface area contributed by atoms with Crippen molar-refractivity contribution in [1.82, 2.24) is 15.5 Å². The molecular formula is C21H25N5O2. The van der Waals surface area contributed by atoms with Crippen LogP contribution in [-0.4, -0.2) is 48.2 Å². The molecule has 0 atom stereocenters. The minimum Gasteiger partial charge on any atom is -0.355 e. The highest BCUT2D eigenvalue weighted by atomic mass is 16.2. The SMILES string of the molecule is O=C(NCCCC(=O)N1CCc2ccccc21)c1ccc(N2CCCC2)nn1. The van der Waals surface area contributed by atoms with Crippen molar-refractivity contribution in [2.45, 2.75) is 32.1 Å². The van der Waals surface area contributed by atoms with Crippen LogP contribution in [0.2, 0.25) is 0 Å². The Morgan fingerprint density at radius 1 is 1.00 bits per heavy atom. The van der Waals surface area contributed by atoms with Crippen molar-refractivity contribution in [3.8, 4) is 0 Å². The molecule has 0 radical (unpaired) electrons. The van der Waals surface area contributed by atoms with E-state index < -0.39 is 0 Å². The first-order valence-electron chi connectivity index (χ1n) is 9.97. The van der Waals surface area contributed by atoms with Gasteiger partial charge in [-0.3, -0.25) is 9.59 Å². The summed E-state index contributed by atoms with van der Waals surface area (Å²) >= 11 is 0. The van der Waals surface area contributed by atoms with Gasteiger partial charge in [0.1, 0.15) is 0 Å². The second-order valence-electron chi connectivity index (χ2n) is 7.25. The van der Waals surface area contributed by atoms with Gasteiger partial charge in [-0.2, -0.15) is 0 Å². The topological polar surface area (TPSA) is 78.4 Å². The lowest BCUT2D eigenvalue weighted by Crippen LogP contribution is -2.31. The zero-order chi connectivity index (χ0) is 19.3. The summed E-state index contributed by atoms with van der Waals surface area (Å²) in [6.45, 7) is 3.17. The molecule has 1 N–H and O–H groups in total. The number of fused-ring (bicyclic) bond motifs is 1. The van der Waals surface area contributed by atoms with Crippen LogP contribution in [0.3, 0.4) is 0 Å². The average Bonchev–Trinajstić information content (AvgIpc) is 3.41. The molecule has 2 aromatic rings. The average molecular weight is 379 g/mol. The predicted octanol–water partition coefficient (Wildman–Crippen LogP) is 2.18. The van der Waals surface area contributed by atoms with Crippen molar-refractivity contribution >= 4 is 23.3 Å². The lowest BCUT2D eigenvalue weighted by Gasteiger charge is -2.17. The van der Waals surface area contributed by atoms with Crippen LogP contribution in [0.1, 0.15) is 41.7 Å². The molecular weight excluding hydrogens is 354 g/mol. The van der Waals surface area contributed by atoms with Crippen LogP contribution in [0, 0.1) is 0 Å². The fourth-order valence-electron chi connectivity index (χ4n) is 3.83. The summed E-state index contributed by atoms with van der Waals surface area (Å²) in [6.07, 6.45) is 4.26. The molecule has 0 unspecified atom stereocenters. The van der Waals surface area contributed by atoms with Crippen molar-refractivity contribution in [2.75, 3.05) is 36.0 Å². The summed E-state index contributed by atoms with van der Waals surface area (Å²) in [5.41, 5.74) is 2.55. The lowest BCUT2D eigenvalue weighted by atomic mass is 10.2. The number of rotatable bonds is 6. The highest BCUT2D eigenvalue weighted by molar-refractivity contribution is 5.95. The van der Waals surface area contributed by atoms with Crippen molar-refractivity contribution in [3.05, 3.63) is 47.7 Å². The Balaban J connectivity index is 1.22. The summed E-state index contributed by atoms with van der Waals surface area (Å²) in [7, 11) is 0. The van der Waals surface area contributed by atoms with E-state index in [1.165, 1.54) is 18.4 Å². The van der Waals surface area contributed by atoms with E-state index in [0.717, 1.165) is 37.6 Å². The highest BCUT2D eigenvalue weighted by Gasteiger charge is 2.23. The van der Waals surface area contributed by atoms with Crippen LogP contribution >= 0.6 is 0 Å². The molecule has 3 heterocycles. The fraction of sp³-hybridized carbons (Fsp3) is 0.429. The Morgan fingerprint density at radius 2 is 1.82 bits per heavy atom. The van der Waals surface area contributed by atoms with Gasteiger partial charge in [-0.1, -0.05) is 18.2 Å². The molecule has 4 rings (SSSR count). The molecule has 2 aliphatic heterocycles. The number of amides is 2. The van der Waals surface area contributed by atoms with E-state index >= 15 is 0 Å². The van der Waals surface area contributed by atoms with Crippen LogP contribution < -0.4 is 15.1 Å². The van der Waals surface area contributed by atoms with Crippen molar-refractivity contribution in [3.63, 3.8) is 0 Å². The number of carbonyl (C=O) groups is 2. The van der Waals surface area contributed by atoms with Crippen molar-refractivity contribution in [2.24, 2.45) is 0 Å². The third kappa shape index (κ3) is 3.98. The normalized spacial score (nSPS) is 15.6. The van der Waals surface area contributed by atoms with Crippen LogP contribution in [-0.2, 0) is 11.2 Å². The molecule has 1 fully saturated rings. The molecule has 2 aliphatic rings. The summed E-state index contributed by atoms with van der Waals surface area (Å²) in [4.78, 5) is 28.7. The first-order valence-corrected chi connectivity index (χ1v) is 9.97. The molecule has 2 amide bonds. The molecule has 1 aromatic carbocycles. The fourth-order valence-corrected chi connectivity index (χ4v) is 3.83. The molecule has 0 bridgehead atoms. The van der Waals surface area contributed by atoms with Gasteiger partial charge in [0.15, 0.2) is 11.5 Å². The minimum absolute atomic E-state index is 0.106. The number of para-hydroxylation sites is 1. The summed E-state index contributed by atoms with van der Waals surface area (Å²) in [5, 5.41) is 11.0. The van der Waals surface area contributed by atoms with Crippen LogP contribution in [0.25, 0.3) is 0 Å². The quantitative estimate of drug-likeness (QED) is 0.779. The minimum atomic E-state index is -0.251. The largest absolute Gasteiger partial charge is 0.355 e. The van der Waals surface area contributed by atoms with Crippen molar-refractivity contribution < 1.29 is 9.59 Å². The van der Waals surface area contributed by atoms with Crippen LogP contribution in [0.4, 0.5) is 11.5 Å². The van der Waals surface area contributed by atoms with Gasteiger partial charge in [0.2, 0.25) is 5.91 Å². The van der Waals surface area contributed by atoms with Gasteiger partial charge in [-0.25, -0.2) is 0 Å². The number of hydrogen-bond acceptors (Lipinski definition) is 5. The molecule has 0 saturated carbocycles. The predicted molar refractivity (Wildman–Crippen MR) is 108 cm³/mol. The van der Waals surface area contributed by atoms with E-state index in [1.807, 2.05) is 29.2 Å². The molecule has 0 aliphatic carbocycles. The maximum Gasteiger partial charge on any atom is 0.271 e. The molecule has 146 valence electrons. The number of carbonyl (C=O) groups excluding carboxylic acids is 2. The molecule has 1 saturated heterocycles. The zero-order valence-electron chi connectivity index (χ0n) is 15.9. The standard InChI is InChI=1S/C21H25N5O2/c27-20(26-15-11-16-6-1-2-7-18(16)26)8-5-12-22-21(28)17-9-10-19(24-23-17)25-13-3-4-14-25/h1-2,6-7,9-10H,3-5,8,11-15H2,(H,22,28). The smallest absolute Gasteiger partial charge is 0.271 e. The van der Waals surface area contributed by atoms with E-state index in [9.17, 15) is 9.59 Å². The van der Waals surface area contributed by atoms with Crippen LogP contribution in [0.5, 0.6) is 0 Å². The van der Waals surface area contributed by atoms with Crippen LogP contribution in [0.15, 0.2) is 36.4 Å². The number of nitrogens with one attached hydrogen (secondary N) is 1. The first kappa shape index (κ1) is 18.4. The third-order valence-electron chi connectivity index (χ3n) is 5.35. The number of benzene rings is 1. The first-order chi connectivity index (χ1) is 13.7. The Kier molecular flexibility index (Phi) is 5.50. The molecule has 7 nitrogen and oxygen atoms in total. The monoisotopic (exact) mass is 379 g/mol. The Bertz CT molecular complexity index is 846. The van der Waals surface area contributed by atoms with Crippen molar-refractivity contribution in [1.29, 1.82) is 0 Å². The third-order valence-corrected chi connectivity index (χ3v) is 5.35.